The normalized spacial score (nSPS) is 25.3. The van der Waals surface area contributed by atoms with E-state index in [-0.39, 0.29) is 6.10 Å². The van der Waals surface area contributed by atoms with Crippen molar-refractivity contribution in [3.63, 3.8) is 0 Å². The Morgan fingerprint density at radius 2 is 2.60 bits per heavy atom. The summed E-state index contributed by atoms with van der Waals surface area (Å²) in [7, 11) is 0. The van der Waals surface area contributed by atoms with Gasteiger partial charge in [0.05, 0.1) is 12.7 Å². The molecule has 1 saturated heterocycles. The van der Waals surface area contributed by atoms with Crippen LogP contribution in [0.15, 0.2) is 17.5 Å². The molecular formula is C11H18N2OS. The first-order chi connectivity index (χ1) is 7.31. The number of hydrogen-bond donors (Lipinski definition) is 1. The van der Waals surface area contributed by atoms with Crippen LogP contribution in [0.4, 0.5) is 0 Å². The summed E-state index contributed by atoms with van der Waals surface area (Å²) in [5.74, 6) is 0. The van der Waals surface area contributed by atoms with Crippen molar-refractivity contribution < 1.29 is 4.74 Å². The fraction of sp³-hybridized carbons (Fsp3) is 0.636. The zero-order chi connectivity index (χ0) is 10.7. The van der Waals surface area contributed by atoms with Crippen molar-refractivity contribution in [3.05, 3.63) is 22.4 Å². The molecule has 1 fully saturated rings. The molecule has 0 radical (unpaired) electrons. The minimum absolute atomic E-state index is 0.209. The van der Waals surface area contributed by atoms with Crippen molar-refractivity contribution in [2.45, 2.75) is 19.1 Å². The summed E-state index contributed by atoms with van der Waals surface area (Å²) in [6, 6.07) is 4.79. The maximum Gasteiger partial charge on any atom is 0.0824 e. The summed E-state index contributed by atoms with van der Waals surface area (Å²) >= 11 is 1.82. The molecule has 4 heteroatoms. The van der Waals surface area contributed by atoms with Gasteiger partial charge in [0.2, 0.25) is 0 Å². The maximum absolute atomic E-state index is 5.64. The van der Waals surface area contributed by atoms with Crippen LogP contribution in [0.1, 0.15) is 17.8 Å². The molecule has 0 spiro atoms. The molecule has 0 aliphatic carbocycles. The van der Waals surface area contributed by atoms with E-state index in [1.807, 2.05) is 11.3 Å². The number of nitrogens with zero attached hydrogens (tertiary/aromatic N) is 1. The third-order valence-corrected chi connectivity index (χ3v) is 3.98. The molecule has 0 amide bonds. The Morgan fingerprint density at radius 3 is 3.27 bits per heavy atom. The number of ether oxygens (including phenoxy) is 1. The molecule has 1 aromatic rings. The summed E-state index contributed by atoms with van der Waals surface area (Å²) in [6.45, 7) is 5.64. The lowest BCUT2D eigenvalue weighted by atomic mass is 10.2. The van der Waals surface area contributed by atoms with Crippen molar-refractivity contribution in [2.75, 3.05) is 26.2 Å². The van der Waals surface area contributed by atoms with Crippen LogP contribution in [0.25, 0.3) is 0 Å². The van der Waals surface area contributed by atoms with Crippen LogP contribution in [0.5, 0.6) is 0 Å². The van der Waals surface area contributed by atoms with E-state index in [0.29, 0.717) is 12.6 Å². The molecule has 1 aromatic heterocycles. The molecule has 2 N–H and O–H groups in total. The van der Waals surface area contributed by atoms with Crippen molar-refractivity contribution in [3.8, 4) is 0 Å². The second kappa shape index (κ2) is 5.07. The van der Waals surface area contributed by atoms with Gasteiger partial charge in [-0.05, 0) is 18.4 Å². The first kappa shape index (κ1) is 11.1. The van der Waals surface area contributed by atoms with Crippen LogP contribution >= 0.6 is 11.3 Å². The van der Waals surface area contributed by atoms with E-state index in [1.54, 1.807) is 0 Å². The van der Waals surface area contributed by atoms with Gasteiger partial charge in [-0.15, -0.1) is 11.3 Å². The topological polar surface area (TPSA) is 38.5 Å². The number of hydrogen-bond acceptors (Lipinski definition) is 4. The number of nitrogens with two attached hydrogens (primary N) is 1. The highest BCUT2D eigenvalue weighted by molar-refractivity contribution is 7.10. The molecule has 2 atom stereocenters. The van der Waals surface area contributed by atoms with Crippen molar-refractivity contribution in [2.24, 2.45) is 5.73 Å². The van der Waals surface area contributed by atoms with E-state index in [4.69, 9.17) is 10.5 Å². The van der Waals surface area contributed by atoms with Gasteiger partial charge < -0.3 is 10.5 Å². The molecule has 0 saturated carbocycles. The van der Waals surface area contributed by atoms with Gasteiger partial charge >= 0.3 is 0 Å². The van der Waals surface area contributed by atoms with Gasteiger partial charge in [-0.1, -0.05) is 6.07 Å². The monoisotopic (exact) mass is 226 g/mol. The van der Waals surface area contributed by atoms with Crippen molar-refractivity contribution >= 4 is 11.3 Å². The van der Waals surface area contributed by atoms with E-state index < -0.39 is 0 Å². The van der Waals surface area contributed by atoms with Gasteiger partial charge in [-0.25, -0.2) is 0 Å². The first-order valence-electron chi connectivity index (χ1n) is 5.40. The Morgan fingerprint density at radius 1 is 1.73 bits per heavy atom. The maximum atomic E-state index is 5.64. The predicted molar refractivity (Wildman–Crippen MR) is 63.1 cm³/mol. The fourth-order valence-electron chi connectivity index (χ4n) is 1.95. The van der Waals surface area contributed by atoms with Gasteiger partial charge in [0.1, 0.15) is 0 Å². The third-order valence-electron chi connectivity index (χ3n) is 2.94. The molecule has 2 unspecified atom stereocenters. The largest absolute Gasteiger partial charge is 0.374 e. The van der Waals surface area contributed by atoms with E-state index >= 15 is 0 Å². The molecule has 2 heterocycles. The van der Waals surface area contributed by atoms with Crippen LogP contribution in [-0.4, -0.2) is 37.2 Å². The minimum Gasteiger partial charge on any atom is -0.374 e. The fourth-order valence-corrected chi connectivity index (χ4v) is 2.76. The lowest BCUT2D eigenvalue weighted by Crippen LogP contribution is -2.46. The van der Waals surface area contributed by atoms with Gasteiger partial charge in [0.15, 0.2) is 0 Å². The van der Waals surface area contributed by atoms with E-state index in [1.165, 1.54) is 4.88 Å². The van der Waals surface area contributed by atoms with Gasteiger partial charge in [0, 0.05) is 30.6 Å². The van der Waals surface area contributed by atoms with Crippen LogP contribution < -0.4 is 5.73 Å². The lowest BCUT2D eigenvalue weighted by Gasteiger charge is -2.36. The second-order valence-electron chi connectivity index (χ2n) is 3.91. The molecule has 0 bridgehead atoms. The van der Waals surface area contributed by atoms with E-state index in [9.17, 15) is 0 Å². The Balaban J connectivity index is 1.98. The number of thiophene rings is 1. The summed E-state index contributed by atoms with van der Waals surface area (Å²) in [5, 5.41) is 2.13. The van der Waals surface area contributed by atoms with E-state index in [0.717, 1.165) is 19.7 Å². The third kappa shape index (κ3) is 2.58. The van der Waals surface area contributed by atoms with Crippen LogP contribution in [-0.2, 0) is 4.74 Å². The number of rotatable bonds is 3. The Hall–Kier alpha value is -0.420. The highest BCUT2D eigenvalue weighted by Crippen LogP contribution is 2.25. The standard InChI is InChI=1S/C11H18N2OS/c1-9(11-3-2-6-15-11)13-4-5-14-10(7-12)8-13/h2-3,6,9-10H,4-5,7-8,12H2,1H3. The average molecular weight is 226 g/mol. The van der Waals surface area contributed by atoms with Crippen LogP contribution in [0.2, 0.25) is 0 Å². The van der Waals surface area contributed by atoms with Gasteiger partial charge in [-0.2, -0.15) is 0 Å². The molecule has 1 aliphatic rings. The SMILES string of the molecule is CC(c1cccs1)N1CCOC(CN)C1. The number of morpholine rings is 1. The molecule has 0 aromatic carbocycles. The molecule has 3 nitrogen and oxygen atoms in total. The summed E-state index contributed by atoms with van der Waals surface area (Å²) in [4.78, 5) is 3.88. The summed E-state index contributed by atoms with van der Waals surface area (Å²) in [6.07, 6.45) is 0.209. The Labute approximate surface area is 94.8 Å². The Bertz CT molecular complexity index is 289. The van der Waals surface area contributed by atoms with E-state index in [2.05, 4.69) is 29.3 Å². The Kier molecular flexibility index (Phi) is 3.75. The highest BCUT2D eigenvalue weighted by Gasteiger charge is 2.24. The van der Waals surface area contributed by atoms with Crippen molar-refractivity contribution in [1.29, 1.82) is 0 Å². The zero-order valence-corrected chi connectivity index (χ0v) is 9.87. The summed E-state index contributed by atoms with van der Waals surface area (Å²) < 4.78 is 5.56. The second-order valence-corrected chi connectivity index (χ2v) is 4.89. The van der Waals surface area contributed by atoms with Crippen LogP contribution in [0.3, 0.4) is 0 Å². The average Bonchev–Trinajstić information content (AvgIpc) is 2.81. The first-order valence-corrected chi connectivity index (χ1v) is 6.28. The molecule has 15 heavy (non-hydrogen) atoms. The molecule has 84 valence electrons. The molecule has 1 aliphatic heterocycles. The van der Waals surface area contributed by atoms with Crippen LogP contribution in [0, 0.1) is 0 Å². The van der Waals surface area contributed by atoms with Gasteiger partial charge in [0.25, 0.3) is 0 Å². The zero-order valence-electron chi connectivity index (χ0n) is 9.06. The lowest BCUT2D eigenvalue weighted by molar-refractivity contribution is -0.0359. The molecular weight excluding hydrogens is 208 g/mol. The quantitative estimate of drug-likeness (QED) is 0.848. The van der Waals surface area contributed by atoms with Gasteiger partial charge in [-0.3, -0.25) is 4.90 Å². The summed E-state index contributed by atoms with van der Waals surface area (Å²) in [5.41, 5.74) is 5.64. The van der Waals surface area contributed by atoms with Crippen molar-refractivity contribution in [1.82, 2.24) is 4.90 Å². The molecule has 2 rings (SSSR count). The highest BCUT2D eigenvalue weighted by atomic mass is 32.1. The predicted octanol–water partition coefficient (Wildman–Crippen LogP) is 1.47. The smallest absolute Gasteiger partial charge is 0.0824 e. The minimum atomic E-state index is 0.209.